The van der Waals surface area contributed by atoms with Gasteiger partial charge in [-0.25, -0.2) is 17.2 Å². The summed E-state index contributed by atoms with van der Waals surface area (Å²) in [7, 11) is -4.29. The molecular weight excluding hydrogens is 292 g/mol. The summed E-state index contributed by atoms with van der Waals surface area (Å²) < 4.78 is 52.4. The molecule has 1 aliphatic heterocycles. The van der Waals surface area contributed by atoms with E-state index in [9.17, 15) is 22.0 Å². The topological polar surface area (TPSA) is 106 Å². The molecule has 1 heterocycles. The summed E-state index contributed by atoms with van der Waals surface area (Å²) in [5, 5.41) is 0. The number of benzene rings is 1. The molecule has 110 valence electrons. The quantitative estimate of drug-likeness (QED) is 0.777. The highest BCUT2D eigenvalue weighted by Crippen LogP contribution is 2.30. The van der Waals surface area contributed by atoms with Crippen LogP contribution >= 0.6 is 0 Å². The molecule has 1 aromatic rings. The molecule has 0 bridgehead atoms. The Kier molecular flexibility index (Phi) is 3.65. The number of nitrogen functional groups attached to an aromatic ring is 1. The standard InChI is InChI=1S/C11H13F2N3O3S/c12-6-3-4-8(9(13)10(6)14)20(18,19)16-5-1-2-7(16)11(15)17/h3-4,7H,1-2,5,14H2,(H2,15,17). The number of carbonyl (C=O) groups is 1. The zero-order valence-corrected chi connectivity index (χ0v) is 11.2. The molecule has 9 heteroatoms. The summed E-state index contributed by atoms with van der Waals surface area (Å²) in [6, 6.07) is 0.526. The Hall–Kier alpha value is -1.74. The van der Waals surface area contributed by atoms with Crippen molar-refractivity contribution in [3.05, 3.63) is 23.8 Å². The second-order valence-corrected chi connectivity index (χ2v) is 6.31. The number of nitrogens with two attached hydrogens (primary N) is 2. The van der Waals surface area contributed by atoms with Crippen LogP contribution in [0, 0.1) is 11.6 Å². The molecule has 1 aromatic carbocycles. The average Bonchev–Trinajstić information content (AvgIpc) is 2.85. The molecule has 0 aromatic heterocycles. The Bertz CT molecular complexity index is 663. The number of anilines is 1. The van der Waals surface area contributed by atoms with Crippen LogP contribution in [0.2, 0.25) is 0 Å². The van der Waals surface area contributed by atoms with Crippen molar-refractivity contribution in [3.63, 3.8) is 0 Å². The van der Waals surface area contributed by atoms with Crippen molar-refractivity contribution >= 4 is 21.6 Å². The minimum atomic E-state index is -4.29. The number of halogens is 2. The molecule has 1 atom stereocenters. The Morgan fingerprint density at radius 3 is 2.60 bits per heavy atom. The van der Waals surface area contributed by atoms with E-state index in [1.165, 1.54) is 0 Å². The number of rotatable bonds is 3. The largest absolute Gasteiger partial charge is 0.394 e. The van der Waals surface area contributed by atoms with E-state index in [2.05, 4.69) is 0 Å². The van der Waals surface area contributed by atoms with Gasteiger partial charge in [0, 0.05) is 6.54 Å². The van der Waals surface area contributed by atoms with Crippen molar-refractivity contribution in [1.82, 2.24) is 4.31 Å². The summed E-state index contributed by atoms with van der Waals surface area (Å²) in [6.07, 6.45) is 0.706. The lowest BCUT2D eigenvalue weighted by molar-refractivity contribution is -0.121. The number of hydrogen-bond acceptors (Lipinski definition) is 4. The van der Waals surface area contributed by atoms with Gasteiger partial charge in [-0.2, -0.15) is 4.31 Å². The summed E-state index contributed by atoms with van der Waals surface area (Å²) >= 11 is 0. The van der Waals surface area contributed by atoms with Gasteiger partial charge in [0.1, 0.15) is 22.4 Å². The molecule has 6 nitrogen and oxygen atoms in total. The van der Waals surface area contributed by atoms with Crippen LogP contribution in [0.25, 0.3) is 0 Å². The van der Waals surface area contributed by atoms with Gasteiger partial charge in [0.05, 0.1) is 0 Å². The first-order valence-corrected chi connectivity index (χ1v) is 7.25. The summed E-state index contributed by atoms with van der Waals surface area (Å²) in [6.45, 7) is 0.0483. The molecule has 1 fully saturated rings. The molecular formula is C11H13F2N3O3S. The number of hydrogen-bond donors (Lipinski definition) is 2. The van der Waals surface area contributed by atoms with Crippen LogP contribution in [0.5, 0.6) is 0 Å². The number of nitrogens with zero attached hydrogens (tertiary/aromatic N) is 1. The van der Waals surface area contributed by atoms with E-state index in [1.54, 1.807) is 0 Å². The van der Waals surface area contributed by atoms with Gasteiger partial charge in [0.2, 0.25) is 15.9 Å². The summed E-state index contributed by atoms with van der Waals surface area (Å²) in [4.78, 5) is 10.5. The third-order valence-corrected chi connectivity index (χ3v) is 5.14. The van der Waals surface area contributed by atoms with E-state index in [0.29, 0.717) is 6.42 Å². The normalized spacial score (nSPS) is 20.2. The van der Waals surface area contributed by atoms with Crippen LogP contribution in [-0.2, 0) is 14.8 Å². The van der Waals surface area contributed by atoms with Crippen molar-refractivity contribution < 1.29 is 22.0 Å². The zero-order chi connectivity index (χ0) is 15.1. The lowest BCUT2D eigenvalue weighted by atomic mass is 10.2. The van der Waals surface area contributed by atoms with Gasteiger partial charge in [0.25, 0.3) is 0 Å². The minimum absolute atomic E-state index is 0.0483. The second kappa shape index (κ2) is 4.98. The highest BCUT2D eigenvalue weighted by Gasteiger charge is 2.40. The third-order valence-electron chi connectivity index (χ3n) is 3.21. The molecule has 1 aliphatic rings. The predicted octanol–water partition coefficient (Wildman–Crippen LogP) is 0.185. The van der Waals surface area contributed by atoms with Crippen molar-refractivity contribution in [2.75, 3.05) is 12.3 Å². The SMILES string of the molecule is NC(=O)C1CCCN1S(=O)(=O)c1ccc(F)c(N)c1F. The van der Waals surface area contributed by atoms with Gasteiger partial charge in [-0.15, -0.1) is 0 Å². The first kappa shape index (κ1) is 14.7. The molecule has 0 saturated carbocycles. The van der Waals surface area contributed by atoms with Crippen LogP contribution < -0.4 is 11.5 Å². The van der Waals surface area contributed by atoms with E-state index in [0.717, 1.165) is 16.4 Å². The predicted molar refractivity (Wildman–Crippen MR) is 66.9 cm³/mol. The highest BCUT2D eigenvalue weighted by molar-refractivity contribution is 7.89. The number of sulfonamides is 1. The number of carbonyl (C=O) groups excluding carboxylic acids is 1. The monoisotopic (exact) mass is 305 g/mol. The molecule has 1 amide bonds. The fourth-order valence-electron chi connectivity index (χ4n) is 2.19. The summed E-state index contributed by atoms with van der Waals surface area (Å²) in [5.41, 5.74) is 9.41. The number of primary amides is 1. The van der Waals surface area contributed by atoms with Crippen LogP contribution in [0.3, 0.4) is 0 Å². The average molecular weight is 305 g/mol. The van der Waals surface area contributed by atoms with Crippen molar-refractivity contribution in [2.45, 2.75) is 23.8 Å². The maximum atomic E-state index is 13.9. The fraction of sp³-hybridized carbons (Fsp3) is 0.364. The van der Waals surface area contributed by atoms with Crippen molar-refractivity contribution in [1.29, 1.82) is 0 Å². The van der Waals surface area contributed by atoms with E-state index in [-0.39, 0.29) is 13.0 Å². The van der Waals surface area contributed by atoms with Crippen molar-refractivity contribution in [2.24, 2.45) is 5.73 Å². The van der Waals surface area contributed by atoms with Gasteiger partial charge in [-0.1, -0.05) is 0 Å². The van der Waals surface area contributed by atoms with Crippen molar-refractivity contribution in [3.8, 4) is 0 Å². The van der Waals surface area contributed by atoms with E-state index < -0.39 is 44.2 Å². The van der Waals surface area contributed by atoms with Gasteiger partial charge >= 0.3 is 0 Å². The Balaban J connectivity index is 2.51. The van der Waals surface area contributed by atoms with E-state index in [1.807, 2.05) is 0 Å². The smallest absolute Gasteiger partial charge is 0.246 e. The first-order valence-electron chi connectivity index (χ1n) is 5.81. The minimum Gasteiger partial charge on any atom is -0.394 e. The number of amides is 1. The molecule has 20 heavy (non-hydrogen) atoms. The molecule has 1 saturated heterocycles. The molecule has 1 unspecified atom stereocenters. The molecule has 0 aliphatic carbocycles. The van der Waals surface area contributed by atoms with E-state index >= 15 is 0 Å². The van der Waals surface area contributed by atoms with Gasteiger partial charge in [-0.05, 0) is 25.0 Å². The molecule has 2 rings (SSSR count). The van der Waals surface area contributed by atoms with Crippen LogP contribution in [0.1, 0.15) is 12.8 Å². The molecule has 0 radical (unpaired) electrons. The van der Waals surface area contributed by atoms with Crippen LogP contribution in [-0.4, -0.2) is 31.2 Å². The maximum absolute atomic E-state index is 13.9. The first-order chi connectivity index (χ1) is 9.26. The lowest BCUT2D eigenvalue weighted by Gasteiger charge is -2.22. The second-order valence-electron chi connectivity index (χ2n) is 4.45. The van der Waals surface area contributed by atoms with E-state index in [4.69, 9.17) is 11.5 Å². The Morgan fingerprint density at radius 1 is 1.35 bits per heavy atom. The van der Waals surface area contributed by atoms with Gasteiger partial charge in [-0.3, -0.25) is 4.79 Å². The third kappa shape index (κ3) is 2.22. The highest BCUT2D eigenvalue weighted by atomic mass is 32.2. The Morgan fingerprint density at radius 2 is 2.00 bits per heavy atom. The fourth-order valence-corrected chi connectivity index (χ4v) is 3.93. The van der Waals surface area contributed by atoms with Gasteiger partial charge < -0.3 is 11.5 Å². The van der Waals surface area contributed by atoms with Crippen LogP contribution in [0.15, 0.2) is 17.0 Å². The Labute approximate surface area is 114 Å². The summed E-state index contributed by atoms with van der Waals surface area (Å²) in [5.74, 6) is -3.21. The maximum Gasteiger partial charge on any atom is 0.246 e. The lowest BCUT2D eigenvalue weighted by Crippen LogP contribution is -2.43. The van der Waals surface area contributed by atoms with Gasteiger partial charge in [0.15, 0.2) is 5.82 Å². The molecule has 4 N–H and O–H groups in total. The molecule has 0 spiro atoms. The van der Waals surface area contributed by atoms with Crippen LogP contribution in [0.4, 0.5) is 14.5 Å². The zero-order valence-electron chi connectivity index (χ0n) is 10.3.